The molecule has 2 fully saturated rings. The number of nitrogens with one attached hydrogen (secondary N) is 2. The highest BCUT2D eigenvalue weighted by atomic mass is 35.5. The minimum atomic E-state index is -1.26. The first kappa shape index (κ1) is 34.7. The Bertz CT molecular complexity index is 1320. The van der Waals surface area contributed by atoms with E-state index in [1.54, 1.807) is 11.1 Å². The normalized spacial score (nSPS) is 21.0. The summed E-state index contributed by atoms with van der Waals surface area (Å²) < 4.78 is 0. The summed E-state index contributed by atoms with van der Waals surface area (Å²) in [6.07, 6.45) is 6.27. The van der Waals surface area contributed by atoms with E-state index in [9.17, 15) is 19.2 Å². The standard InChI is InChI=1S/C28H38ClN5O2.C4H4O4/c1-19(2)12-24(20-8-7-11-30-14-20)32-27(36)21-13-22(16-31-15-21)34-17-26(35)33(18-28(34,3)4)25-10-6-5-9-23(25)29;5-3(6)1-2-4(7)8/h5-11,14,19,21-22,24,31H,12-13,15-18H2,1-4H3,(H,32,36);1-2H,(H,5,6)(H,7,8)/b;2-1+/t21-,22+,24+;/m0./s1. The summed E-state index contributed by atoms with van der Waals surface area (Å²) in [5, 5.41) is 23.0. The number of carbonyl (C=O) groups is 4. The lowest BCUT2D eigenvalue weighted by atomic mass is 9.88. The van der Waals surface area contributed by atoms with Crippen LogP contribution in [0.15, 0.2) is 60.9 Å². The molecule has 4 N–H and O–H groups in total. The molecular weight excluding hydrogens is 586 g/mol. The third kappa shape index (κ3) is 9.87. The fourth-order valence-electron chi connectivity index (χ4n) is 5.64. The molecule has 0 radical (unpaired) electrons. The first-order chi connectivity index (χ1) is 20.8. The van der Waals surface area contributed by atoms with Crippen LogP contribution in [0.25, 0.3) is 0 Å². The predicted molar refractivity (Wildman–Crippen MR) is 168 cm³/mol. The molecule has 44 heavy (non-hydrogen) atoms. The number of piperidine rings is 1. The number of halogens is 1. The van der Waals surface area contributed by atoms with Gasteiger partial charge in [-0.25, -0.2) is 9.59 Å². The second-order valence-corrected chi connectivity index (χ2v) is 12.5. The van der Waals surface area contributed by atoms with E-state index < -0.39 is 11.9 Å². The highest BCUT2D eigenvalue weighted by Crippen LogP contribution is 2.34. The highest BCUT2D eigenvalue weighted by molar-refractivity contribution is 6.33. The highest BCUT2D eigenvalue weighted by Gasteiger charge is 2.44. The van der Waals surface area contributed by atoms with Crippen LogP contribution in [0.3, 0.4) is 0 Å². The molecule has 238 valence electrons. The van der Waals surface area contributed by atoms with Gasteiger partial charge in [0.25, 0.3) is 0 Å². The van der Waals surface area contributed by atoms with E-state index in [0.29, 0.717) is 49.1 Å². The van der Waals surface area contributed by atoms with E-state index in [0.717, 1.165) is 24.2 Å². The number of hydrogen-bond acceptors (Lipinski definition) is 7. The van der Waals surface area contributed by atoms with Crippen molar-refractivity contribution >= 4 is 41.0 Å². The van der Waals surface area contributed by atoms with E-state index in [1.807, 2.05) is 42.6 Å². The number of carboxylic acid groups (broad SMARTS) is 2. The lowest BCUT2D eigenvalue weighted by molar-refractivity contribution is -0.134. The molecule has 4 rings (SSSR count). The van der Waals surface area contributed by atoms with Crippen molar-refractivity contribution in [1.29, 1.82) is 0 Å². The van der Waals surface area contributed by atoms with Crippen molar-refractivity contribution in [3.63, 3.8) is 0 Å². The van der Waals surface area contributed by atoms with Gasteiger partial charge in [0.2, 0.25) is 11.8 Å². The van der Waals surface area contributed by atoms with E-state index in [1.165, 1.54) is 0 Å². The summed E-state index contributed by atoms with van der Waals surface area (Å²) >= 11 is 6.41. The van der Waals surface area contributed by atoms with Crippen LogP contribution in [0, 0.1) is 11.8 Å². The fourth-order valence-corrected chi connectivity index (χ4v) is 5.88. The third-order valence-corrected chi connectivity index (χ3v) is 8.01. The number of pyridine rings is 1. The summed E-state index contributed by atoms with van der Waals surface area (Å²) in [6, 6.07) is 11.4. The number of para-hydroxylation sites is 1. The summed E-state index contributed by atoms with van der Waals surface area (Å²) in [5.74, 6) is -2.15. The average Bonchev–Trinajstić information content (AvgIpc) is 2.97. The summed E-state index contributed by atoms with van der Waals surface area (Å²) in [7, 11) is 0. The maximum absolute atomic E-state index is 13.4. The first-order valence-electron chi connectivity index (χ1n) is 14.6. The van der Waals surface area contributed by atoms with Gasteiger partial charge in [-0.2, -0.15) is 0 Å². The quantitative estimate of drug-likeness (QED) is 0.305. The molecule has 12 heteroatoms. The van der Waals surface area contributed by atoms with Crippen LogP contribution in [-0.2, 0) is 19.2 Å². The van der Waals surface area contributed by atoms with Gasteiger partial charge >= 0.3 is 11.9 Å². The molecule has 0 aliphatic carbocycles. The number of anilines is 1. The molecule has 2 saturated heterocycles. The van der Waals surface area contributed by atoms with Crippen molar-refractivity contribution < 1.29 is 29.4 Å². The van der Waals surface area contributed by atoms with Gasteiger partial charge in [-0.15, -0.1) is 0 Å². The average molecular weight is 628 g/mol. The third-order valence-electron chi connectivity index (χ3n) is 7.69. The molecule has 1 aromatic heterocycles. The SMILES string of the molecule is CC(C)C[C@@H](NC(=O)[C@@H]1CNC[C@H](N2CC(=O)N(c3ccccc3Cl)CC2(C)C)C1)c1cccnc1.O=C(O)/C=C/C(=O)O. The van der Waals surface area contributed by atoms with E-state index in [-0.39, 0.29) is 35.4 Å². The molecule has 11 nitrogen and oxygen atoms in total. The molecule has 2 aromatic rings. The van der Waals surface area contributed by atoms with Crippen LogP contribution in [-0.4, -0.2) is 81.6 Å². The Kier molecular flexibility index (Phi) is 12.4. The van der Waals surface area contributed by atoms with Crippen molar-refractivity contribution in [3.8, 4) is 0 Å². The van der Waals surface area contributed by atoms with Crippen molar-refractivity contribution in [2.75, 3.05) is 31.1 Å². The number of amides is 2. The van der Waals surface area contributed by atoms with Crippen LogP contribution in [0.4, 0.5) is 5.69 Å². The van der Waals surface area contributed by atoms with Crippen molar-refractivity contribution in [2.45, 2.75) is 58.2 Å². The number of carboxylic acids is 2. The summed E-state index contributed by atoms with van der Waals surface area (Å²) in [6.45, 7) is 10.9. The van der Waals surface area contributed by atoms with Crippen LogP contribution in [0.2, 0.25) is 5.02 Å². The summed E-state index contributed by atoms with van der Waals surface area (Å²) in [4.78, 5) is 54.1. The lowest BCUT2D eigenvalue weighted by Crippen LogP contribution is -2.67. The van der Waals surface area contributed by atoms with Crippen LogP contribution in [0.5, 0.6) is 0 Å². The van der Waals surface area contributed by atoms with Gasteiger partial charge in [0.15, 0.2) is 0 Å². The van der Waals surface area contributed by atoms with Crippen LogP contribution in [0.1, 0.15) is 52.1 Å². The van der Waals surface area contributed by atoms with Gasteiger partial charge in [-0.1, -0.05) is 43.6 Å². The second kappa shape index (κ2) is 15.8. The van der Waals surface area contributed by atoms with Gasteiger partial charge in [-0.05, 0) is 56.4 Å². The van der Waals surface area contributed by atoms with Gasteiger partial charge in [-0.3, -0.25) is 19.5 Å². The minimum Gasteiger partial charge on any atom is -0.478 e. The van der Waals surface area contributed by atoms with E-state index in [4.69, 9.17) is 21.8 Å². The molecule has 0 bridgehead atoms. The molecule has 3 atom stereocenters. The number of hydrogen-bond donors (Lipinski definition) is 4. The molecule has 0 spiro atoms. The molecule has 3 heterocycles. The van der Waals surface area contributed by atoms with E-state index >= 15 is 0 Å². The zero-order valence-electron chi connectivity index (χ0n) is 25.6. The Morgan fingerprint density at radius 2 is 1.80 bits per heavy atom. The maximum atomic E-state index is 13.4. The molecule has 0 unspecified atom stereocenters. The van der Waals surface area contributed by atoms with Gasteiger partial charge in [0, 0.05) is 55.8 Å². The molecule has 1 aromatic carbocycles. The Hall–Kier alpha value is -3.80. The van der Waals surface area contributed by atoms with Crippen LogP contribution >= 0.6 is 11.6 Å². The number of piperazine rings is 1. The smallest absolute Gasteiger partial charge is 0.328 e. The van der Waals surface area contributed by atoms with Crippen molar-refractivity contribution in [3.05, 3.63) is 71.5 Å². The van der Waals surface area contributed by atoms with Crippen molar-refractivity contribution in [2.24, 2.45) is 11.8 Å². The first-order valence-corrected chi connectivity index (χ1v) is 15.0. The largest absolute Gasteiger partial charge is 0.478 e. The number of nitrogens with zero attached hydrogens (tertiary/aromatic N) is 3. The van der Waals surface area contributed by atoms with Gasteiger partial charge in [0.05, 0.1) is 29.2 Å². The molecule has 2 aliphatic rings. The lowest BCUT2D eigenvalue weighted by Gasteiger charge is -2.51. The Balaban J connectivity index is 0.000000583. The Morgan fingerprint density at radius 3 is 2.39 bits per heavy atom. The molecular formula is C32H42ClN5O6. The molecule has 2 amide bonds. The fraction of sp³-hybridized carbons (Fsp3) is 0.469. The zero-order valence-corrected chi connectivity index (χ0v) is 26.3. The monoisotopic (exact) mass is 627 g/mol. The van der Waals surface area contributed by atoms with Crippen molar-refractivity contribution in [1.82, 2.24) is 20.5 Å². The number of aliphatic carboxylic acids is 2. The maximum Gasteiger partial charge on any atom is 0.328 e. The minimum absolute atomic E-state index is 0.0302. The number of carbonyl (C=O) groups excluding carboxylic acids is 2. The Labute approximate surface area is 263 Å². The second-order valence-electron chi connectivity index (χ2n) is 12.1. The van der Waals surface area contributed by atoms with Gasteiger partial charge < -0.3 is 25.7 Å². The molecule has 0 saturated carbocycles. The zero-order chi connectivity index (χ0) is 32.4. The predicted octanol–water partition coefficient (Wildman–Crippen LogP) is 3.76. The number of benzene rings is 1. The van der Waals surface area contributed by atoms with Gasteiger partial charge in [0.1, 0.15) is 0 Å². The Morgan fingerprint density at radius 1 is 1.11 bits per heavy atom. The number of aromatic nitrogens is 1. The topological polar surface area (TPSA) is 152 Å². The summed E-state index contributed by atoms with van der Waals surface area (Å²) in [5.41, 5.74) is 1.51. The number of rotatable bonds is 9. The van der Waals surface area contributed by atoms with E-state index in [2.05, 4.69) is 48.2 Å². The van der Waals surface area contributed by atoms with Crippen LogP contribution < -0.4 is 15.5 Å². The molecule has 2 aliphatic heterocycles.